The maximum atomic E-state index is 12.8. The van der Waals surface area contributed by atoms with Crippen LogP contribution in [0.25, 0.3) is 5.76 Å². The number of allylic oxidation sites excluding steroid dienone is 1. The van der Waals surface area contributed by atoms with Gasteiger partial charge >= 0.3 is 12.1 Å². The fourth-order valence-corrected chi connectivity index (χ4v) is 3.83. The molecular weight excluding hydrogens is 466 g/mol. The molecule has 180 valence electrons. The van der Waals surface area contributed by atoms with Crippen molar-refractivity contribution in [2.75, 3.05) is 6.61 Å². The molecule has 3 unspecified atom stereocenters. The van der Waals surface area contributed by atoms with Gasteiger partial charge in [0, 0.05) is 17.2 Å². The van der Waals surface area contributed by atoms with Crippen molar-refractivity contribution in [3.05, 3.63) is 83.2 Å². The normalized spacial score (nSPS) is 18.9. The van der Waals surface area contributed by atoms with Gasteiger partial charge in [-0.3, -0.25) is 4.79 Å². The van der Waals surface area contributed by atoms with Crippen LogP contribution in [0.4, 0.5) is 13.2 Å². The molecule has 1 aliphatic heterocycles. The number of hydrogen-bond acceptors (Lipinski definition) is 4. The number of alkyl halides is 3. The highest BCUT2D eigenvalue weighted by Crippen LogP contribution is 2.34. The number of carboxylic acids is 1. The first-order valence-electron chi connectivity index (χ1n) is 10.6. The summed E-state index contributed by atoms with van der Waals surface area (Å²) in [5.41, 5.74) is 0.753. The molecule has 1 heterocycles. The van der Waals surface area contributed by atoms with Gasteiger partial charge in [0.2, 0.25) is 0 Å². The van der Waals surface area contributed by atoms with E-state index < -0.39 is 23.6 Å². The van der Waals surface area contributed by atoms with Crippen LogP contribution in [0.15, 0.2) is 66.5 Å². The number of carboxylic acid groups (broad SMARTS) is 1. The Labute approximate surface area is 198 Å². The lowest BCUT2D eigenvalue weighted by atomic mass is 9.91. The molecule has 0 amide bonds. The Bertz CT molecular complexity index is 1080. The standard InChI is InChI=1S/C25H25F3NO4P/c1-15-18(12-23(33-15)17-2-6-19(7-3-17)25(26,27)28)14-32-20-8-4-16(5-9-20)21(13-24(30)31)22(29)10-11-34/h2-12,15,18,21,29H,13-14,34H2,1H3,(H,30,31)/b11-10-,29-22?/t15?,18?,21-/m0/s1. The van der Waals surface area contributed by atoms with E-state index in [9.17, 15) is 23.1 Å². The number of nitrogens with one attached hydrogen (secondary N) is 1. The molecule has 0 aromatic heterocycles. The Hall–Kier alpha value is -3.12. The zero-order valence-corrected chi connectivity index (χ0v) is 19.5. The van der Waals surface area contributed by atoms with E-state index in [1.807, 2.05) is 13.0 Å². The van der Waals surface area contributed by atoms with Crippen LogP contribution in [0.3, 0.4) is 0 Å². The zero-order chi connectivity index (χ0) is 24.9. The molecule has 1 aliphatic rings. The zero-order valence-electron chi connectivity index (χ0n) is 18.4. The van der Waals surface area contributed by atoms with Crippen LogP contribution in [-0.4, -0.2) is 29.5 Å². The molecule has 2 aromatic rings. The molecule has 0 saturated heterocycles. The van der Waals surface area contributed by atoms with Crippen molar-refractivity contribution >= 4 is 26.7 Å². The van der Waals surface area contributed by atoms with Crippen molar-refractivity contribution in [1.82, 2.24) is 0 Å². The number of rotatable bonds is 9. The predicted octanol–water partition coefficient (Wildman–Crippen LogP) is 6.13. The SMILES string of the molecule is CC1OC(c2ccc(C(F)(F)F)cc2)=CC1COc1ccc([C@H](CC(=O)O)C(=N)/C=C\P)cc1. The Balaban J connectivity index is 1.65. The monoisotopic (exact) mass is 491 g/mol. The minimum absolute atomic E-state index is 0.0999. The molecule has 9 heteroatoms. The van der Waals surface area contributed by atoms with Gasteiger partial charge in [-0.2, -0.15) is 13.2 Å². The third-order valence-electron chi connectivity index (χ3n) is 5.53. The second kappa shape index (κ2) is 10.9. The Morgan fingerprint density at radius 3 is 2.41 bits per heavy atom. The largest absolute Gasteiger partial charge is 0.493 e. The fourth-order valence-electron chi connectivity index (χ4n) is 3.62. The van der Waals surface area contributed by atoms with E-state index in [1.165, 1.54) is 12.1 Å². The van der Waals surface area contributed by atoms with E-state index in [4.69, 9.17) is 14.9 Å². The van der Waals surface area contributed by atoms with E-state index in [0.717, 1.165) is 12.1 Å². The summed E-state index contributed by atoms with van der Waals surface area (Å²) in [5.74, 6) is 1.05. The lowest BCUT2D eigenvalue weighted by molar-refractivity contribution is -0.138. The number of aliphatic carboxylic acids is 1. The molecule has 0 bridgehead atoms. The second-order valence-corrected chi connectivity index (χ2v) is 8.32. The lowest BCUT2D eigenvalue weighted by Crippen LogP contribution is -2.19. The molecule has 3 rings (SSSR count). The van der Waals surface area contributed by atoms with Crippen LogP contribution in [0.2, 0.25) is 0 Å². The van der Waals surface area contributed by atoms with E-state index in [2.05, 4.69) is 9.24 Å². The van der Waals surface area contributed by atoms with Gasteiger partial charge in [-0.1, -0.05) is 30.1 Å². The van der Waals surface area contributed by atoms with Gasteiger partial charge in [-0.15, -0.1) is 9.24 Å². The van der Waals surface area contributed by atoms with E-state index in [0.29, 0.717) is 29.2 Å². The van der Waals surface area contributed by atoms with Crippen LogP contribution in [-0.2, 0) is 15.7 Å². The average Bonchev–Trinajstić information content (AvgIpc) is 3.16. The quantitative estimate of drug-likeness (QED) is 0.327. The highest BCUT2D eigenvalue weighted by molar-refractivity contribution is 7.20. The van der Waals surface area contributed by atoms with Crippen LogP contribution in [0, 0.1) is 11.3 Å². The van der Waals surface area contributed by atoms with Crippen LogP contribution >= 0.6 is 9.24 Å². The Kier molecular flexibility index (Phi) is 8.15. The topological polar surface area (TPSA) is 79.6 Å². The van der Waals surface area contributed by atoms with Crippen molar-refractivity contribution in [3.63, 3.8) is 0 Å². The molecule has 0 aliphatic carbocycles. The number of hydrogen-bond donors (Lipinski definition) is 2. The number of halogens is 3. The summed E-state index contributed by atoms with van der Waals surface area (Å²) >= 11 is 0. The Morgan fingerprint density at radius 1 is 1.21 bits per heavy atom. The Morgan fingerprint density at radius 2 is 1.85 bits per heavy atom. The molecule has 0 saturated carbocycles. The highest BCUT2D eigenvalue weighted by atomic mass is 31.0. The highest BCUT2D eigenvalue weighted by Gasteiger charge is 2.31. The van der Waals surface area contributed by atoms with Gasteiger partial charge in [0.15, 0.2) is 0 Å². The lowest BCUT2D eigenvalue weighted by Gasteiger charge is -2.17. The minimum atomic E-state index is -4.39. The van der Waals surface area contributed by atoms with Gasteiger partial charge in [0.05, 0.1) is 24.5 Å². The van der Waals surface area contributed by atoms with Crippen LogP contribution < -0.4 is 4.74 Å². The molecule has 2 aromatic carbocycles. The molecule has 2 N–H and O–H groups in total. The average molecular weight is 491 g/mol. The summed E-state index contributed by atoms with van der Waals surface area (Å²) in [4.78, 5) is 11.2. The molecular formula is C25H25F3NO4P. The molecule has 0 spiro atoms. The summed E-state index contributed by atoms with van der Waals surface area (Å²) in [7, 11) is 2.37. The summed E-state index contributed by atoms with van der Waals surface area (Å²) in [6.07, 6.45) is -1.40. The van der Waals surface area contributed by atoms with Crippen LogP contribution in [0.5, 0.6) is 5.75 Å². The van der Waals surface area contributed by atoms with Crippen molar-refractivity contribution in [2.45, 2.75) is 31.5 Å². The molecule has 34 heavy (non-hydrogen) atoms. The first-order valence-corrected chi connectivity index (χ1v) is 11.2. The van der Waals surface area contributed by atoms with E-state index in [-0.39, 0.29) is 24.2 Å². The van der Waals surface area contributed by atoms with Crippen molar-refractivity contribution in [2.24, 2.45) is 5.92 Å². The van der Waals surface area contributed by atoms with Gasteiger partial charge in [0.1, 0.15) is 17.6 Å². The van der Waals surface area contributed by atoms with E-state index in [1.54, 1.807) is 36.2 Å². The summed E-state index contributed by atoms with van der Waals surface area (Å²) in [6, 6.07) is 11.8. The van der Waals surface area contributed by atoms with Gasteiger partial charge < -0.3 is 20.0 Å². The van der Waals surface area contributed by atoms with Crippen molar-refractivity contribution < 1.29 is 32.5 Å². The first-order chi connectivity index (χ1) is 16.1. The number of carbonyl (C=O) groups is 1. The van der Waals surface area contributed by atoms with Gasteiger partial charge in [0.25, 0.3) is 0 Å². The summed E-state index contributed by atoms with van der Waals surface area (Å²) in [5, 5.41) is 17.3. The third kappa shape index (κ3) is 6.48. The van der Waals surface area contributed by atoms with Crippen molar-refractivity contribution in [1.29, 1.82) is 5.41 Å². The summed E-state index contributed by atoms with van der Waals surface area (Å²) < 4.78 is 50.0. The predicted molar refractivity (Wildman–Crippen MR) is 127 cm³/mol. The van der Waals surface area contributed by atoms with Crippen molar-refractivity contribution in [3.8, 4) is 5.75 Å². The van der Waals surface area contributed by atoms with Gasteiger partial charge in [-0.05, 0) is 48.9 Å². The fraction of sp³-hybridized carbons (Fsp3) is 0.280. The maximum Gasteiger partial charge on any atom is 0.416 e. The minimum Gasteiger partial charge on any atom is -0.493 e. The molecule has 0 fully saturated rings. The van der Waals surface area contributed by atoms with Crippen LogP contribution in [0.1, 0.15) is 36.0 Å². The second-order valence-electron chi connectivity index (χ2n) is 7.94. The smallest absolute Gasteiger partial charge is 0.416 e. The maximum absolute atomic E-state index is 12.8. The third-order valence-corrected chi connectivity index (χ3v) is 5.73. The molecule has 4 atom stereocenters. The number of benzene rings is 2. The molecule has 0 radical (unpaired) electrons. The summed E-state index contributed by atoms with van der Waals surface area (Å²) in [6.45, 7) is 2.17. The molecule has 5 nitrogen and oxygen atoms in total. The first kappa shape index (κ1) is 25.5. The van der Waals surface area contributed by atoms with E-state index >= 15 is 0 Å². The number of ether oxygens (including phenoxy) is 2. The van der Waals surface area contributed by atoms with Gasteiger partial charge in [-0.25, -0.2) is 0 Å².